The van der Waals surface area contributed by atoms with E-state index < -0.39 is 4.92 Å². The maximum Gasteiger partial charge on any atom is 0.269 e. The maximum absolute atomic E-state index is 10.6. The molecule has 0 spiro atoms. The van der Waals surface area contributed by atoms with Crippen molar-refractivity contribution in [2.24, 2.45) is 0 Å². The van der Waals surface area contributed by atoms with Crippen LogP contribution >= 0.6 is 0 Å². The number of rotatable bonds is 3. The molecule has 0 unspecified atom stereocenters. The molecule has 0 aliphatic carbocycles. The van der Waals surface area contributed by atoms with E-state index in [4.69, 9.17) is 0 Å². The highest BCUT2D eigenvalue weighted by atomic mass is 16.6. The second-order valence-corrected chi connectivity index (χ2v) is 4.16. The van der Waals surface area contributed by atoms with Gasteiger partial charge in [0.25, 0.3) is 5.69 Å². The zero-order valence-electron chi connectivity index (χ0n) is 10.4. The van der Waals surface area contributed by atoms with E-state index in [9.17, 15) is 10.1 Å². The lowest BCUT2D eigenvalue weighted by Crippen LogP contribution is -1.99. The fourth-order valence-corrected chi connectivity index (χ4v) is 1.84. The molecule has 0 saturated carbocycles. The smallest absolute Gasteiger partial charge is 0.258 e. The predicted octanol–water partition coefficient (Wildman–Crippen LogP) is 2.84. The molecule has 0 aliphatic rings. The number of benzene rings is 2. The monoisotopic (exact) mass is 266 g/mol. The van der Waals surface area contributed by atoms with E-state index in [0.717, 1.165) is 11.3 Å². The number of hydrogen-bond donors (Lipinski definition) is 0. The topological polar surface area (TPSA) is 73.8 Å². The Morgan fingerprint density at radius 2 is 1.70 bits per heavy atom. The van der Waals surface area contributed by atoms with Gasteiger partial charge in [-0.1, -0.05) is 30.3 Å². The number of nitro benzene ring substituents is 1. The summed E-state index contributed by atoms with van der Waals surface area (Å²) < 4.78 is 0. The van der Waals surface area contributed by atoms with Crippen LogP contribution in [-0.2, 0) is 0 Å². The van der Waals surface area contributed by atoms with Crippen LogP contribution in [0.15, 0.2) is 60.8 Å². The van der Waals surface area contributed by atoms with Crippen molar-refractivity contribution in [3.8, 4) is 16.9 Å². The van der Waals surface area contributed by atoms with Crippen molar-refractivity contribution in [2.75, 3.05) is 0 Å². The minimum atomic E-state index is -0.435. The largest absolute Gasteiger partial charge is 0.269 e. The molecule has 0 atom stereocenters. The lowest BCUT2D eigenvalue weighted by atomic mass is 10.2. The summed E-state index contributed by atoms with van der Waals surface area (Å²) in [5.74, 6) is 0. The molecule has 2 aromatic carbocycles. The van der Waals surface area contributed by atoms with Crippen LogP contribution in [0.1, 0.15) is 0 Å². The van der Waals surface area contributed by atoms with Crippen LogP contribution in [0, 0.1) is 10.1 Å². The Morgan fingerprint density at radius 1 is 1.00 bits per heavy atom. The third-order valence-corrected chi connectivity index (χ3v) is 2.85. The fraction of sp³-hybridized carbons (Fsp3) is 0. The molecule has 6 heteroatoms. The summed E-state index contributed by atoms with van der Waals surface area (Å²) >= 11 is 0. The van der Waals surface area contributed by atoms with Crippen LogP contribution < -0.4 is 0 Å². The molecular weight excluding hydrogens is 256 g/mol. The molecule has 6 nitrogen and oxygen atoms in total. The normalized spacial score (nSPS) is 10.4. The highest BCUT2D eigenvalue weighted by molar-refractivity contribution is 5.57. The van der Waals surface area contributed by atoms with E-state index in [2.05, 4.69) is 10.2 Å². The zero-order chi connectivity index (χ0) is 13.9. The lowest BCUT2D eigenvalue weighted by molar-refractivity contribution is -0.384. The summed E-state index contributed by atoms with van der Waals surface area (Å²) in [6.07, 6.45) is 1.66. The first kappa shape index (κ1) is 12.0. The van der Waals surface area contributed by atoms with Crippen molar-refractivity contribution >= 4 is 5.69 Å². The van der Waals surface area contributed by atoms with Gasteiger partial charge in [-0.2, -0.15) is 9.90 Å². The minimum absolute atomic E-state index is 0.0455. The molecule has 0 bridgehead atoms. The van der Waals surface area contributed by atoms with Gasteiger partial charge in [0.2, 0.25) is 0 Å². The Hall–Kier alpha value is -3.02. The molecule has 0 N–H and O–H groups in total. The Kier molecular flexibility index (Phi) is 2.96. The second kappa shape index (κ2) is 4.93. The molecule has 0 amide bonds. The molecule has 1 aromatic heterocycles. The van der Waals surface area contributed by atoms with Gasteiger partial charge in [-0.3, -0.25) is 10.1 Å². The van der Waals surface area contributed by atoms with Gasteiger partial charge in [0.15, 0.2) is 0 Å². The Balaban J connectivity index is 1.92. The van der Waals surface area contributed by atoms with Gasteiger partial charge in [-0.05, 0) is 12.1 Å². The van der Waals surface area contributed by atoms with Crippen molar-refractivity contribution in [3.63, 3.8) is 0 Å². The van der Waals surface area contributed by atoms with Gasteiger partial charge in [0.05, 0.1) is 16.8 Å². The number of nitrogens with zero attached hydrogens (tertiary/aromatic N) is 4. The first-order valence-electron chi connectivity index (χ1n) is 5.96. The van der Waals surface area contributed by atoms with Gasteiger partial charge >= 0.3 is 0 Å². The van der Waals surface area contributed by atoms with Gasteiger partial charge < -0.3 is 0 Å². The summed E-state index contributed by atoms with van der Waals surface area (Å²) in [5, 5.41) is 19.1. The van der Waals surface area contributed by atoms with Crippen molar-refractivity contribution in [1.29, 1.82) is 0 Å². The molecule has 98 valence electrons. The number of aromatic nitrogens is 3. The van der Waals surface area contributed by atoms with E-state index in [1.165, 1.54) is 16.9 Å². The molecular formula is C14H10N4O2. The summed E-state index contributed by atoms with van der Waals surface area (Å²) in [7, 11) is 0. The van der Waals surface area contributed by atoms with E-state index in [0.29, 0.717) is 5.69 Å². The highest BCUT2D eigenvalue weighted by Crippen LogP contribution is 2.18. The van der Waals surface area contributed by atoms with E-state index in [-0.39, 0.29) is 5.69 Å². The molecule has 0 fully saturated rings. The first-order chi connectivity index (χ1) is 9.74. The van der Waals surface area contributed by atoms with Crippen LogP contribution in [0.4, 0.5) is 5.69 Å². The van der Waals surface area contributed by atoms with Crippen LogP contribution in [0.25, 0.3) is 16.9 Å². The molecule has 0 radical (unpaired) electrons. The van der Waals surface area contributed by atoms with Crippen LogP contribution in [-0.4, -0.2) is 19.9 Å². The van der Waals surface area contributed by atoms with E-state index >= 15 is 0 Å². The first-order valence-corrected chi connectivity index (χ1v) is 5.96. The van der Waals surface area contributed by atoms with Crippen molar-refractivity contribution in [2.45, 2.75) is 0 Å². The van der Waals surface area contributed by atoms with Gasteiger partial charge in [-0.15, -0.1) is 5.10 Å². The third-order valence-electron chi connectivity index (χ3n) is 2.85. The van der Waals surface area contributed by atoms with Crippen LogP contribution in [0.5, 0.6) is 0 Å². The van der Waals surface area contributed by atoms with Crippen LogP contribution in [0.2, 0.25) is 0 Å². The standard InChI is InChI=1S/C14H10N4O2/c19-18(20)13-8-6-12(7-9-13)17-15-10-14(16-17)11-4-2-1-3-5-11/h1-10H. The van der Waals surface area contributed by atoms with Crippen LogP contribution in [0.3, 0.4) is 0 Å². The minimum Gasteiger partial charge on any atom is -0.258 e. The second-order valence-electron chi connectivity index (χ2n) is 4.16. The van der Waals surface area contributed by atoms with Crippen molar-refractivity contribution < 1.29 is 4.92 Å². The molecule has 1 heterocycles. The molecule has 0 saturated heterocycles. The average Bonchev–Trinajstić information content (AvgIpc) is 2.98. The molecule has 20 heavy (non-hydrogen) atoms. The lowest BCUT2D eigenvalue weighted by Gasteiger charge is -1.98. The number of hydrogen-bond acceptors (Lipinski definition) is 4. The molecule has 3 rings (SSSR count). The summed E-state index contributed by atoms with van der Waals surface area (Å²) in [6, 6.07) is 15.8. The van der Waals surface area contributed by atoms with Gasteiger partial charge in [0, 0.05) is 17.7 Å². The van der Waals surface area contributed by atoms with E-state index in [1.807, 2.05) is 30.3 Å². The van der Waals surface area contributed by atoms with Gasteiger partial charge in [-0.25, -0.2) is 0 Å². The molecule has 3 aromatic rings. The quantitative estimate of drug-likeness (QED) is 0.539. The van der Waals surface area contributed by atoms with E-state index in [1.54, 1.807) is 18.3 Å². The third kappa shape index (κ3) is 2.26. The zero-order valence-corrected chi connectivity index (χ0v) is 10.4. The number of non-ortho nitro benzene ring substituents is 1. The Morgan fingerprint density at radius 3 is 2.35 bits per heavy atom. The Bertz CT molecular complexity index is 735. The molecule has 0 aliphatic heterocycles. The summed E-state index contributed by atoms with van der Waals surface area (Å²) in [6.45, 7) is 0. The van der Waals surface area contributed by atoms with Crippen molar-refractivity contribution in [1.82, 2.24) is 15.0 Å². The maximum atomic E-state index is 10.6. The van der Waals surface area contributed by atoms with Crippen molar-refractivity contribution in [3.05, 3.63) is 70.9 Å². The number of nitro groups is 1. The SMILES string of the molecule is O=[N+]([O-])c1ccc(-n2ncc(-c3ccccc3)n2)cc1. The average molecular weight is 266 g/mol. The Labute approximate surface area is 114 Å². The summed E-state index contributed by atoms with van der Waals surface area (Å²) in [4.78, 5) is 11.6. The fourth-order valence-electron chi connectivity index (χ4n) is 1.84. The predicted molar refractivity (Wildman–Crippen MR) is 73.4 cm³/mol. The highest BCUT2D eigenvalue weighted by Gasteiger charge is 2.07. The summed E-state index contributed by atoms with van der Waals surface area (Å²) in [5.41, 5.74) is 2.45. The van der Waals surface area contributed by atoms with Gasteiger partial charge in [0.1, 0.15) is 5.69 Å².